The molecule has 0 aliphatic rings. The molecule has 1 N–H and O–H groups in total. The van der Waals surface area contributed by atoms with Gasteiger partial charge in [0.25, 0.3) is 0 Å². The van der Waals surface area contributed by atoms with Crippen molar-refractivity contribution in [3.8, 4) is 0 Å². The van der Waals surface area contributed by atoms with Crippen molar-refractivity contribution in [3.63, 3.8) is 0 Å². The molecule has 0 radical (unpaired) electrons. The molecular formula is C15H13N3O6. The summed E-state index contributed by atoms with van der Waals surface area (Å²) in [6.07, 6.45) is 0.185. The van der Waals surface area contributed by atoms with Gasteiger partial charge in [0.2, 0.25) is 5.82 Å². The molecule has 0 atom stereocenters. The van der Waals surface area contributed by atoms with Crippen LogP contribution in [0.4, 0.5) is 16.3 Å². The number of hydrogen-bond donors (Lipinski definition) is 1. The number of carboxylic acids is 1. The lowest BCUT2D eigenvalue weighted by Gasteiger charge is -2.19. The number of pyridine rings is 1. The number of nitro groups is 1. The fourth-order valence-electron chi connectivity index (χ4n) is 1.90. The molecule has 0 unspecified atom stereocenters. The van der Waals surface area contributed by atoms with E-state index in [1.807, 2.05) is 0 Å². The fraction of sp³-hybridized carbons (Fsp3) is 0.133. The van der Waals surface area contributed by atoms with Gasteiger partial charge in [-0.05, 0) is 11.6 Å². The van der Waals surface area contributed by atoms with Crippen molar-refractivity contribution in [2.24, 2.45) is 0 Å². The second-order valence-electron chi connectivity index (χ2n) is 4.62. The van der Waals surface area contributed by atoms with E-state index in [1.54, 1.807) is 30.3 Å². The first kappa shape index (κ1) is 16.9. The van der Waals surface area contributed by atoms with Gasteiger partial charge >= 0.3 is 17.7 Å². The molecule has 9 heteroatoms. The number of ether oxygens (including phenoxy) is 1. The highest BCUT2D eigenvalue weighted by molar-refractivity contribution is 5.94. The molecular weight excluding hydrogens is 318 g/mol. The number of hydrogen-bond acceptors (Lipinski definition) is 6. The van der Waals surface area contributed by atoms with Gasteiger partial charge in [0.05, 0.1) is 4.92 Å². The zero-order valence-electron chi connectivity index (χ0n) is 12.4. The van der Waals surface area contributed by atoms with Crippen molar-refractivity contribution in [1.82, 2.24) is 4.98 Å². The molecule has 0 aliphatic heterocycles. The number of benzene rings is 1. The standard InChI is InChI=1S/C15H13N3O6/c19-13(20)9-17(14-12(18(22)23)7-4-8-16-14)15(21)24-10-11-5-2-1-3-6-11/h1-8H,9-10H2,(H,19,20). The number of anilines is 1. The van der Waals surface area contributed by atoms with Crippen molar-refractivity contribution in [2.75, 3.05) is 11.4 Å². The Labute approximate surface area is 136 Å². The first-order chi connectivity index (χ1) is 11.5. The first-order valence-corrected chi connectivity index (χ1v) is 6.78. The molecule has 1 aromatic heterocycles. The SMILES string of the molecule is O=C(O)CN(C(=O)OCc1ccccc1)c1ncccc1[N+](=O)[O-]. The van der Waals surface area contributed by atoms with Gasteiger partial charge in [0.15, 0.2) is 0 Å². The summed E-state index contributed by atoms with van der Waals surface area (Å²) >= 11 is 0. The third-order valence-electron chi connectivity index (χ3n) is 2.94. The predicted molar refractivity (Wildman–Crippen MR) is 82.5 cm³/mol. The highest BCUT2D eigenvalue weighted by Crippen LogP contribution is 2.25. The first-order valence-electron chi connectivity index (χ1n) is 6.78. The van der Waals surface area contributed by atoms with E-state index in [-0.39, 0.29) is 12.4 Å². The molecule has 9 nitrogen and oxygen atoms in total. The number of carboxylic acid groups (broad SMARTS) is 1. The number of carbonyl (C=O) groups excluding carboxylic acids is 1. The van der Waals surface area contributed by atoms with Gasteiger partial charge in [0, 0.05) is 12.3 Å². The van der Waals surface area contributed by atoms with Crippen molar-refractivity contribution in [3.05, 3.63) is 64.3 Å². The zero-order valence-corrected chi connectivity index (χ0v) is 12.4. The van der Waals surface area contributed by atoms with Gasteiger partial charge in [-0.3, -0.25) is 14.9 Å². The summed E-state index contributed by atoms with van der Waals surface area (Å²) in [5.41, 5.74) is 0.201. The summed E-state index contributed by atoms with van der Waals surface area (Å²) in [5.74, 6) is -1.74. The molecule has 2 rings (SSSR count). The van der Waals surface area contributed by atoms with Crippen LogP contribution in [0.2, 0.25) is 0 Å². The third-order valence-corrected chi connectivity index (χ3v) is 2.94. The van der Waals surface area contributed by atoms with Gasteiger partial charge in [0.1, 0.15) is 13.2 Å². The van der Waals surface area contributed by atoms with Crippen molar-refractivity contribution >= 4 is 23.6 Å². The van der Waals surface area contributed by atoms with Gasteiger partial charge in [-0.15, -0.1) is 0 Å². The van der Waals surface area contributed by atoms with Crippen molar-refractivity contribution in [2.45, 2.75) is 6.61 Å². The quantitative estimate of drug-likeness (QED) is 0.636. The fourth-order valence-corrected chi connectivity index (χ4v) is 1.90. The Hall–Kier alpha value is -3.49. The van der Waals surface area contributed by atoms with Crippen LogP contribution in [0.3, 0.4) is 0 Å². The van der Waals surface area contributed by atoms with E-state index >= 15 is 0 Å². The Morgan fingerprint density at radius 2 is 1.92 bits per heavy atom. The van der Waals surface area contributed by atoms with Gasteiger partial charge < -0.3 is 9.84 Å². The molecule has 1 amide bonds. The Morgan fingerprint density at radius 1 is 1.21 bits per heavy atom. The minimum atomic E-state index is -1.35. The summed E-state index contributed by atoms with van der Waals surface area (Å²) in [6, 6.07) is 11.2. The van der Waals surface area contributed by atoms with Crippen LogP contribution < -0.4 is 4.90 Å². The minimum absolute atomic E-state index is 0.101. The minimum Gasteiger partial charge on any atom is -0.480 e. The van der Waals surface area contributed by atoms with E-state index in [9.17, 15) is 19.7 Å². The van der Waals surface area contributed by atoms with E-state index in [2.05, 4.69) is 4.98 Å². The van der Waals surface area contributed by atoms with Gasteiger partial charge in [-0.1, -0.05) is 30.3 Å². The van der Waals surface area contributed by atoms with Crippen LogP contribution in [0.1, 0.15) is 5.56 Å². The molecule has 2 aromatic rings. The maximum Gasteiger partial charge on any atom is 0.416 e. The van der Waals surface area contributed by atoms with Crippen LogP contribution in [0.5, 0.6) is 0 Å². The topological polar surface area (TPSA) is 123 Å². The number of rotatable bonds is 6. The molecule has 124 valence electrons. The molecule has 0 bridgehead atoms. The molecule has 0 saturated carbocycles. The normalized spacial score (nSPS) is 10.0. The summed E-state index contributed by atoms with van der Waals surface area (Å²) in [4.78, 5) is 37.9. The second kappa shape index (κ2) is 7.68. The lowest BCUT2D eigenvalue weighted by Crippen LogP contribution is -2.37. The molecule has 0 spiro atoms. The Morgan fingerprint density at radius 3 is 2.54 bits per heavy atom. The predicted octanol–water partition coefficient (Wildman–Crippen LogP) is 2.22. The summed E-state index contributed by atoms with van der Waals surface area (Å²) in [7, 11) is 0. The van der Waals surface area contributed by atoms with Gasteiger partial charge in [-0.2, -0.15) is 0 Å². The Bertz CT molecular complexity index is 750. The van der Waals surface area contributed by atoms with E-state index in [0.717, 1.165) is 6.07 Å². The number of amides is 1. The van der Waals surface area contributed by atoms with Crippen molar-refractivity contribution < 1.29 is 24.4 Å². The van der Waals surface area contributed by atoms with Crippen LogP contribution >= 0.6 is 0 Å². The lowest BCUT2D eigenvalue weighted by atomic mass is 10.2. The maximum atomic E-state index is 12.2. The molecule has 1 aromatic carbocycles. The number of aromatic nitrogens is 1. The second-order valence-corrected chi connectivity index (χ2v) is 4.62. The molecule has 0 fully saturated rings. The summed E-state index contributed by atoms with van der Waals surface area (Å²) in [5, 5.41) is 20.0. The van der Waals surface area contributed by atoms with Crippen LogP contribution in [0.15, 0.2) is 48.7 Å². The van der Waals surface area contributed by atoms with Gasteiger partial charge in [-0.25, -0.2) is 14.7 Å². The Kier molecular flexibility index (Phi) is 5.40. The summed E-state index contributed by atoms with van der Waals surface area (Å²) < 4.78 is 5.04. The molecule has 0 aliphatic carbocycles. The molecule has 24 heavy (non-hydrogen) atoms. The number of carbonyl (C=O) groups is 2. The van der Waals surface area contributed by atoms with Crippen LogP contribution in [0, 0.1) is 10.1 Å². The molecule has 0 saturated heterocycles. The Balaban J connectivity index is 2.23. The highest BCUT2D eigenvalue weighted by atomic mass is 16.6. The van der Waals surface area contributed by atoms with E-state index in [4.69, 9.17) is 9.84 Å². The van der Waals surface area contributed by atoms with Crippen LogP contribution in [0.25, 0.3) is 0 Å². The number of nitrogens with zero attached hydrogens (tertiary/aromatic N) is 3. The zero-order chi connectivity index (χ0) is 17.5. The third kappa shape index (κ3) is 4.26. The van der Waals surface area contributed by atoms with Crippen LogP contribution in [-0.2, 0) is 16.1 Å². The van der Waals surface area contributed by atoms with E-state index < -0.39 is 29.2 Å². The van der Waals surface area contributed by atoms with E-state index in [1.165, 1.54) is 12.3 Å². The van der Waals surface area contributed by atoms with Crippen molar-refractivity contribution in [1.29, 1.82) is 0 Å². The smallest absolute Gasteiger partial charge is 0.416 e. The average molecular weight is 331 g/mol. The average Bonchev–Trinajstić information content (AvgIpc) is 2.58. The number of aliphatic carboxylic acids is 1. The van der Waals surface area contributed by atoms with E-state index in [0.29, 0.717) is 10.5 Å². The monoisotopic (exact) mass is 331 g/mol. The van der Waals surface area contributed by atoms with Crippen LogP contribution in [-0.4, -0.2) is 33.6 Å². The maximum absolute atomic E-state index is 12.2. The highest BCUT2D eigenvalue weighted by Gasteiger charge is 2.28. The summed E-state index contributed by atoms with van der Waals surface area (Å²) in [6.45, 7) is -0.915. The largest absolute Gasteiger partial charge is 0.480 e. The lowest BCUT2D eigenvalue weighted by molar-refractivity contribution is -0.384. The molecule has 1 heterocycles.